The van der Waals surface area contributed by atoms with Crippen molar-refractivity contribution in [3.8, 4) is 5.75 Å². The molecule has 32 heavy (non-hydrogen) atoms. The van der Waals surface area contributed by atoms with Gasteiger partial charge in [0.25, 0.3) is 5.91 Å². The number of nitrogens with one attached hydrogen (secondary N) is 1. The first-order valence-corrected chi connectivity index (χ1v) is 10.4. The standard InChI is InChI=1S/C24H23N3O4S/c1-2-30-23(29)19-8-10-20(11-9-19)27(16-18-12-14-25-15-13-18)24(32)26-22(28)17-31-21-6-4-3-5-7-21/h3-15H,2,16-17H2,1H3,(H,26,28,32). The zero-order valence-electron chi connectivity index (χ0n) is 17.6. The van der Waals surface area contributed by atoms with Gasteiger partial charge in [-0.15, -0.1) is 0 Å². The number of ether oxygens (including phenoxy) is 2. The van der Waals surface area contributed by atoms with Gasteiger partial charge in [0, 0.05) is 18.1 Å². The maximum atomic E-state index is 12.4. The number of amides is 1. The van der Waals surface area contributed by atoms with E-state index >= 15 is 0 Å². The zero-order valence-corrected chi connectivity index (χ0v) is 18.4. The maximum absolute atomic E-state index is 12.4. The molecule has 8 heteroatoms. The number of hydrogen-bond donors (Lipinski definition) is 1. The summed E-state index contributed by atoms with van der Waals surface area (Å²) < 4.78 is 10.5. The van der Waals surface area contributed by atoms with Crippen LogP contribution in [0.25, 0.3) is 0 Å². The number of para-hydroxylation sites is 1. The Hall–Kier alpha value is -3.78. The third-order valence-corrected chi connectivity index (χ3v) is 4.71. The molecular weight excluding hydrogens is 426 g/mol. The van der Waals surface area contributed by atoms with Gasteiger partial charge in [0.2, 0.25) is 0 Å². The summed E-state index contributed by atoms with van der Waals surface area (Å²) in [6.07, 6.45) is 3.37. The van der Waals surface area contributed by atoms with Crippen LogP contribution in [-0.2, 0) is 16.1 Å². The van der Waals surface area contributed by atoms with Crippen LogP contribution < -0.4 is 15.0 Å². The van der Waals surface area contributed by atoms with E-state index in [0.717, 1.165) is 5.56 Å². The zero-order chi connectivity index (χ0) is 22.8. The normalized spacial score (nSPS) is 10.2. The van der Waals surface area contributed by atoms with E-state index in [-0.39, 0.29) is 17.6 Å². The molecule has 3 aromatic rings. The molecule has 0 fully saturated rings. The quantitative estimate of drug-likeness (QED) is 0.414. The van der Waals surface area contributed by atoms with E-state index in [0.29, 0.717) is 30.2 Å². The molecule has 7 nitrogen and oxygen atoms in total. The molecule has 0 aliphatic rings. The van der Waals surface area contributed by atoms with E-state index in [1.54, 1.807) is 60.6 Å². The smallest absolute Gasteiger partial charge is 0.338 e. The van der Waals surface area contributed by atoms with Gasteiger partial charge in [-0.3, -0.25) is 15.1 Å². The van der Waals surface area contributed by atoms with Gasteiger partial charge in [-0.25, -0.2) is 4.79 Å². The molecule has 0 spiro atoms. The Morgan fingerprint density at radius 2 is 1.69 bits per heavy atom. The highest BCUT2D eigenvalue weighted by molar-refractivity contribution is 7.80. The lowest BCUT2D eigenvalue weighted by Gasteiger charge is -2.26. The number of anilines is 1. The second kappa shape index (κ2) is 11.6. The van der Waals surface area contributed by atoms with Crippen LogP contribution in [0.5, 0.6) is 5.75 Å². The summed E-state index contributed by atoms with van der Waals surface area (Å²) in [7, 11) is 0. The Morgan fingerprint density at radius 3 is 2.34 bits per heavy atom. The molecule has 1 heterocycles. The summed E-state index contributed by atoms with van der Waals surface area (Å²) in [6, 6.07) is 19.6. The minimum absolute atomic E-state index is 0.172. The number of pyridine rings is 1. The van der Waals surface area contributed by atoms with Gasteiger partial charge >= 0.3 is 5.97 Å². The topological polar surface area (TPSA) is 80.8 Å². The molecule has 1 amide bonds. The fraction of sp³-hybridized carbons (Fsp3) is 0.167. The summed E-state index contributed by atoms with van der Waals surface area (Å²) >= 11 is 5.52. The van der Waals surface area contributed by atoms with E-state index in [1.807, 2.05) is 30.3 Å². The van der Waals surface area contributed by atoms with Crippen LogP contribution in [0.4, 0.5) is 5.69 Å². The molecular formula is C24H23N3O4S. The van der Waals surface area contributed by atoms with Gasteiger partial charge in [0.1, 0.15) is 5.75 Å². The lowest BCUT2D eigenvalue weighted by molar-refractivity contribution is -0.121. The number of esters is 1. The van der Waals surface area contributed by atoms with Crippen molar-refractivity contribution in [3.05, 3.63) is 90.3 Å². The average molecular weight is 450 g/mol. The maximum Gasteiger partial charge on any atom is 0.338 e. The van der Waals surface area contributed by atoms with E-state index < -0.39 is 5.97 Å². The molecule has 1 N–H and O–H groups in total. The number of benzene rings is 2. The molecule has 3 rings (SSSR count). The fourth-order valence-electron chi connectivity index (χ4n) is 2.83. The van der Waals surface area contributed by atoms with Crippen molar-refractivity contribution >= 4 is 34.9 Å². The van der Waals surface area contributed by atoms with Gasteiger partial charge in [0.05, 0.1) is 18.7 Å². The van der Waals surface area contributed by atoms with E-state index in [4.69, 9.17) is 21.7 Å². The van der Waals surface area contributed by atoms with Crippen molar-refractivity contribution in [2.75, 3.05) is 18.1 Å². The van der Waals surface area contributed by atoms with Crippen LogP contribution in [0.15, 0.2) is 79.1 Å². The Morgan fingerprint density at radius 1 is 1.00 bits per heavy atom. The summed E-state index contributed by atoms with van der Waals surface area (Å²) in [5.74, 6) is -0.174. The SMILES string of the molecule is CCOC(=O)c1ccc(N(Cc2ccncc2)C(=S)NC(=O)COc2ccccc2)cc1. The molecule has 0 atom stereocenters. The lowest BCUT2D eigenvalue weighted by Crippen LogP contribution is -2.44. The Kier molecular flexibility index (Phi) is 8.28. The van der Waals surface area contributed by atoms with Crippen LogP contribution >= 0.6 is 12.2 Å². The van der Waals surface area contributed by atoms with Crippen LogP contribution in [0.1, 0.15) is 22.8 Å². The van der Waals surface area contributed by atoms with Crippen LogP contribution in [0.2, 0.25) is 0 Å². The average Bonchev–Trinajstić information content (AvgIpc) is 2.83. The van der Waals surface area contributed by atoms with Crippen molar-refractivity contribution in [1.29, 1.82) is 0 Å². The summed E-state index contributed by atoms with van der Waals surface area (Å²) in [5.41, 5.74) is 2.10. The second-order valence-electron chi connectivity index (χ2n) is 6.66. The van der Waals surface area contributed by atoms with Crippen LogP contribution in [0.3, 0.4) is 0 Å². The third kappa shape index (κ3) is 6.61. The van der Waals surface area contributed by atoms with Gasteiger partial charge in [-0.05, 0) is 73.2 Å². The minimum atomic E-state index is -0.395. The van der Waals surface area contributed by atoms with E-state index in [2.05, 4.69) is 10.3 Å². The largest absolute Gasteiger partial charge is 0.484 e. The second-order valence-corrected chi connectivity index (χ2v) is 7.05. The molecule has 164 valence electrons. The first kappa shape index (κ1) is 22.9. The van der Waals surface area contributed by atoms with Crippen molar-refractivity contribution in [3.63, 3.8) is 0 Å². The molecule has 0 saturated heterocycles. The highest BCUT2D eigenvalue weighted by atomic mass is 32.1. The predicted octanol–water partition coefficient (Wildman–Crippen LogP) is 3.75. The van der Waals surface area contributed by atoms with Crippen molar-refractivity contribution < 1.29 is 19.1 Å². The Bertz CT molecular complexity index is 1040. The molecule has 2 aromatic carbocycles. The highest BCUT2D eigenvalue weighted by Crippen LogP contribution is 2.19. The highest BCUT2D eigenvalue weighted by Gasteiger charge is 2.17. The summed E-state index contributed by atoms with van der Waals surface area (Å²) in [6.45, 7) is 2.29. The first-order valence-electron chi connectivity index (χ1n) is 10.0. The van der Waals surface area contributed by atoms with Crippen LogP contribution in [-0.4, -0.2) is 35.2 Å². The number of hydrogen-bond acceptors (Lipinski definition) is 6. The molecule has 0 saturated carbocycles. The first-order chi connectivity index (χ1) is 15.6. The van der Waals surface area contributed by atoms with Crippen molar-refractivity contribution in [1.82, 2.24) is 10.3 Å². The summed E-state index contributed by atoms with van der Waals surface area (Å²) in [4.78, 5) is 30.1. The lowest BCUT2D eigenvalue weighted by atomic mass is 10.2. The number of rotatable bonds is 8. The molecule has 0 aliphatic heterocycles. The Labute approximate surface area is 192 Å². The van der Waals surface area contributed by atoms with Crippen molar-refractivity contribution in [2.24, 2.45) is 0 Å². The molecule has 0 unspecified atom stereocenters. The molecule has 0 radical (unpaired) electrons. The summed E-state index contributed by atoms with van der Waals surface area (Å²) in [5, 5.41) is 2.93. The fourth-order valence-corrected chi connectivity index (χ4v) is 3.12. The number of nitrogens with zero attached hydrogens (tertiary/aromatic N) is 2. The van der Waals surface area contributed by atoms with Crippen molar-refractivity contribution in [2.45, 2.75) is 13.5 Å². The van der Waals surface area contributed by atoms with Gasteiger partial charge in [-0.2, -0.15) is 0 Å². The van der Waals surface area contributed by atoms with Crippen LogP contribution in [0, 0.1) is 0 Å². The van der Waals surface area contributed by atoms with E-state index in [1.165, 1.54) is 0 Å². The molecule has 1 aromatic heterocycles. The number of carbonyl (C=O) groups excluding carboxylic acids is 2. The molecule has 0 bridgehead atoms. The number of carbonyl (C=O) groups is 2. The Balaban J connectivity index is 1.72. The van der Waals surface area contributed by atoms with Gasteiger partial charge in [-0.1, -0.05) is 18.2 Å². The van der Waals surface area contributed by atoms with E-state index in [9.17, 15) is 9.59 Å². The predicted molar refractivity (Wildman–Crippen MR) is 125 cm³/mol. The van der Waals surface area contributed by atoms with Gasteiger partial charge < -0.3 is 14.4 Å². The monoisotopic (exact) mass is 449 g/mol. The number of aromatic nitrogens is 1. The number of thiocarbonyl (C=S) groups is 1. The third-order valence-electron chi connectivity index (χ3n) is 4.38. The van der Waals surface area contributed by atoms with Gasteiger partial charge in [0.15, 0.2) is 11.7 Å². The molecule has 0 aliphatic carbocycles. The minimum Gasteiger partial charge on any atom is -0.484 e.